The third-order valence-corrected chi connectivity index (χ3v) is 3.32. The Bertz CT molecular complexity index is 761. The van der Waals surface area contributed by atoms with Crippen LogP contribution in [0.3, 0.4) is 0 Å². The number of aliphatic carboxylic acids is 1. The molecule has 5 nitrogen and oxygen atoms in total. The van der Waals surface area contributed by atoms with E-state index >= 15 is 0 Å². The van der Waals surface area contributed by atoms with E-state index in [0.717, 1.165) is 11.1 Å². The summed E-state index contributed by atoms with van der Waals surface area (Å²) in [4.78, 5) is 21.7. The van der Waals surface area contributed by atoms with Gasteiger partial charge in [-0.2, -0.15) is 0 Å². The van der Waals surface area contributed by atoms with Crippen molar-refractivity contribution in [2.24, 2.45) is 0 Å². The molecule has 112 valence electrons. The zero-order valence-corrected chi connectivity index (χ0v) is 12.2. The van der Waals surface area contributed by atoms with Crippen LogP contribution in [0.25, 0.3) is 11.6 Å². The highest BCUT2D eigenvalue weighted by molar-refractivity contribution is 6.21. The fraction of sp³-hybridized carbons (Fsp3) is 0.118. The Morgan fingerprint density at radius 2 is 1.77 bits per heavy atom. The first-order chi connectivity index (χ1) is 10.4. The van der Waals surface area contributed by atoms with E-state index in [9.17, 15) is 20.0 Å². The average Bonchev–Trinajstić information content (AvgIpc) is 2.45. The third-order valence-electron chi connectivity index (χ3n) is 3.32. The molecule has 0 fully saturated rings. The molecule has 0 amide bonds. The van der Waals surface area contributed by atoms with E-state index in [1.165, 1.54) is 30.3 Å². The van der Waals surface area contributed by atoms with E-state index in [2.05, 4.69) is 0 Å². The van der Waals surface area contributed by atoms with Gasteiger partial charge in [-0.05, 0) is 48.7 Å². The molecule has 22 heavy (non-hydrogen) atoms. The van der Waals surface area contributed by atoms with Crippen molar-refractivity contribution in [3.05, 3.63) is 74.8 Å². The Balaban J connectivity index is 2.47. The minimum Gasteiger partial charge on any atom is -0.478 e. The van der Waals surface area contributed by atoms with Gasteiger partial charge in [-0.1, -0.05) is 23.8 Å². The second kappa shape index (κ2) is 6.22. The lowest BCUT2D eigenvalue weighted by Crippen LogP contribution is -2.02. The smallest absolute Gasteiger partial charge is 0.336 e. The molecule has 0 radical (unpaired) electrons. The number of non-ortho nitro benzene ring substituents is 1. The maximum atomic E-state index is 11.5. The molecule has 2 aromatic rings. The van der Waals surface area contributed by atoms with E-state index in [0.29, 0.717) is 11.1 Å². The van der Waals surface area contributed by atoms with Crippen LogP contribution in [0.15, 0.2) is 42.5 Å². The number of carboxylic acid groups (broad SMARTS) is 1. The second-order valence-electron chi connectivity index (χ2n) is 5.03. The van der Waals surface area contributed by atoms with Crippen molar-refractivity contribution in [1.82, 2.24) is 0 Å². The number of hydrogen-bond donors (Lipinski definition) is 1. The lowest BCUT2D eigenvalue weighted by Gasteiger charge is -2.08. The van der Waals surface area contributed by atoms with Crippen LogP contribution in [0.4, 0.5) is 5.69 Å². The summed E-state index contributed by atoms with van der Waals surface area (Å²) >= 11 is 0. The molecular formula is C17H15NO4. The first-order valence-electron chi connectivity index (χ1n) is 6.65. The zero-order chi connectivity index (χ0) is 16.3. The highest BCUT2D eigenvalue weighted by Crippen LogP contribution is 2.24. The molecule has 5 heteroatoms. The predicted octanol–water partition coefficient (Wildman–Crippen LogP) is 3.84. The van der Waals surface area contributed by atoms with Gasteiger partial charge in [0.2, 0.25) is 0 Å². The summed E-state index contributed by atoms with van der Waals surface area (Å²) in [6, 6.07) is 11.3. The Kier molecular flexibility index (Phi) is 4.36. The topological polar surface area (TPSA) is 80.4 Å². The van der Waals surface area contributed by atoms with E-state index in [4.69, 9.17) is 0 Å². The van der Waals surface area contributed by atoms with Crippen molar-refractivity contribution in [2.45, 2.75) is 13.8 Å². The van der Waals surface area contributed by atoms with Gasteiger partial charge >= 0.3 is 5.97 Å². The van der Waals surface area contributed by atoms with Crippen LogP contribution in [0.1, 0.15) is 22.3 Å². The zero-order valence-electron chi connectivity index (χ0n) is 12.2. The lowest BCUT2D eigenvalue weighted by atomic mass is 9.97. The minimum atomic E-state index is -1.04. The van der Waals surface area contributed by atoms with Crippen LogP contribution in [-0.4, -0.2) is 16.0 Å². The van der Waals surface area contributed by atoms with Crippen LogP contribution in [0.2, 0.25) is 0 Å². The summed E-state index contributed by atoms with van der Waals surface area (Å²) in [6.07, 6.45) is 1.52. The number of rotatable bonds is 4. The summed E-state index contributed by atoms with van der Waals surface area (Å²) in [7, 11) is 0. The Morgan fingerprint density at radius 1 is 1.14 bits per heavy atom. The first-order valence-corrected chi connectivity index (χ1v) is 6.65. The number of benzene rings is 2. The molecular weight excluding hydrogens is 282 g/mol. The van der Waals surface area contributed by atoms with Crippen molar-refractivity contribution >= 4 is 23.3 Å². The van der Waals surface area contributed by atoms with Gasteiger partial charge < -0.3 is 5.11 Å². The Labute approximate surface area is 127 Å². The van der Waals surface area contributed by atoms with Crippen LogP contribution in [-0.2, 0) is 4.79 Å². The number of carbonyl (C=O) groups is 1. The van der Waals surface area contributed by atoms with E-state index < -0.39 is 10.9 Å². The van der Waals surface area contributed by atoms with Crippen molar-refractivity contribution in [2.75, 3.05) is 0 Å². The number of carboxylic acids is 1. The molecule has 0 saturated carbocycles. The maximum Gasteiger partial charge on any atom is 0.336 e. The van der Waals surface area contributed by atoms with Crippen molar-refractivity contribution in [1.29, 1.82) is 0 Å². The normalized spacial score (nSPS) is 11.3. The monoisotopic (exact) mass is 297 g/mol. The molecule has 2 rings (SSSR count). The molecule has 0 saturated heterocycles. The van der Waals surface area contributed by atoms with Gasteiger partial charge in [0.25, 0.3) is 5.69 Å². The van der Waals surface area contributed by atoms with Crippen molar-refractivity contribution < 1.29 is 14.8 Å². The number of nitro benzene ring substituents is 1. The minimum absolute atomic E-state index is 0.0273. The first kappa shape index (κ1) is 15.4. The standard InChI is InChI=1S/C17H15NO4/c1-11-3-8-15(12(2)9-11)16(17(19)20)10-13-4-6-14(7-5-13)18(21)22/h3-10H,1-2H3,(H,19,20)/b16-10-. The quantitative estimate of drug-likeness (QED) is 0.402. The number of aryl methyl sites for hydroxylation is 2. The molecule has 1 N–H and O–H groups in total. The van der Waals surface area contributed by atoms with Crippen LogP contribution in [0, 0.1) is 24.0 Å². The SMILES string of the molecule is Cc1ccc(/C(=C/c2ccc([N+](=O)[O-])cc2)C(=O)O)c(C)c1. The molecule has 0 aliphatic heterocycles. The molecule has 0 unspecified atom stereocenters. The van der Waals surface area contributed by atoms with Gasteiger partial charge in [0, 0.05) is 12.1 Å². The molecule has 0 aliphatic rings. The fourth-order valence-electron chi connectivity index (χ4n) is 2.23. The van der Waals surface area contributed by atoms with E-state index in [-0.39, 0.29) is 11.3 Å². The third kappa shape index (κ3) is 3.38. The summed E-state index contributed by atoms with van der Waals surface area (Å²) in [5.74, 6) is -1.04. The lowest BCUT2D eigenvalue weighted by molar-refractivity contribution is -0.384. The number of hydrogen-bond acceptors (Lipinski definition) is 3. The van der Waals surface area contributed by atoms with E-state index in [1.807, 2.05) is 26.0 Å². The molecule has 2 aromatic carbocycles. The molecule has 0 atom stereocenters. The van der Waals surface area contributed by atoms with Crippen LogP contribution < -0.4 is 0 Å². The fourth-order valence-corrected chi connectivity index (χ4v) is 2.23. The summed E-state index contributed by atoms with van der Waals surface area (Å²) in [5, 5.41) is 20.1. The van der Waals surface area contributed by atoms with Crippen LogP contribution in [0.5, 0.6) is 0 Å². The highest BCUT2D eigenvalue weighted by Gasteiger charge is 2.13. The summed E-state index contributed by atoms with van der Waals surface area (Å²) in [6.45, 7) is 3.80. The maximum absolute atomic E-state index is 11.5. The number of nitro groups is 1. The molecule has 0 heterocycles. The molecule has 0 spiro atoms. The van der Waals surface area contributed by atoms with Crippen LogP contribution >= 0.6 is 0 Å². The Morgan fingerprint density at radius 3 is 2.27 bits per heavy atom. The molecule has 0 bridgehead atoms. The van der Waals surface area contributed by atoms with Crippen molar-refractivity contribution in [3.63, 3.8) is 0 Å². The summed E-state index contributed by atoms with van der Waals surface area (Å²) in [5.41, 5.74) is 3.29. The highest BCUT2D eigenvalue weighted by atomic mass is 16.6. The summed E-state index contributed by atoms with van der Waals surface area (Å²) < 4.78 is 0. The number of nitrogens with zero attached hydrogens (tertiary/aromatic N) is 1. The van der Waals surface area contributed by atoms with Gasteiger partial charge in [0.1, 0.15) is 0 Å². The van der Waals surface area contributed by atoms with Gasteiger partial charge in [-0.25, -0.2) is 4.79 Å². The van der Waals surface area contributed by atoms with Gasteiger partial charge in [0.15, 0.2) is 0 Å². The van der Waals surface area contributed by atoms with Gasteiger partial charge in [0.05, 0.1) is 10.5 Å². The predicted molar refractivity (Wildman–Crippen MR) is 84.5 cm³/mol. The van der Waals surface area contributed by atoms with Crippen molar-refractivity contribution in [3.8, 4) is 0 Å². The Hall–Kier alpha value is -2.95. The second-order valence-corrected chi connectivity index (χ2v) is 5.03. The average molecular weight is 297 g/mol. The van der Waals surface area contributed by atoms with E-state index in [1.54, 1.807) is 6.07 Å². The largest absolute Gasteiger partial charge is 0.478 e. The van der Waals surface area contributed by atoms with Gasteiger partial charge in [-0.15, -0.1) is 0 Å². The van der Waals surface area contributed by atoms with Gasteiger partial charge in [-0.3, -0.25) is 10.1 Å². The molecule has 0 aliphatic carbocycles. The molecule has 0 aromatic heterocycles.